The molecule has 0 unspecified atom stereocenters. The summed E-state index contributed by atoms with van der Waals surface area (Å²) in [6.45, 7) is 7.44. The van der Waals surface area contributed by atoms with Crippen molar-refractivity contribution in [1.82, 2.24) is 9.97 Å². The van der Waals surface area contributed by atoms with Crippen molar-refractivity contribution in [2.75, 3.05) is 0 Å². The van der Waals surface area contributed by atoms with E-state index < -0.39 is 32.3 Å². The minimum atomic E-state index is -5.82. The highest BCUT2D eigenvalue weighted by molar-refractivity contribution is 7.87. The summed E-state index contributed by atoms with van der Waals surface area (Å²) in [5.41, 5.74) is -5.14. The van der Waals surface area contributed by atoms with Crippen LogP contribution in [0.2, 0.25) is 0 Å². The first kappa shape index (κ1) is 18.7. The van der Waals surface area contributed by atoms with Crippen LogP contribution in [0, 0.1) is 5.41 Å². The number of aromatic nitrogens is 2. The molecule has 0 saturated carbocycles. The van der Waals surface area contributed by atoms with Crippen molar-refractivity contribution < 1.29 is 30.6 Å². The molecule has 1 N–H and O–H groups in total. The van der Waals surface area contributed by atoms with Gasteiger partial charge >= 0.3 is 15.6 Å². The van der Waals surface area contributed by atoms with Gasteiger partial charge < -0.3 is 9.17 Å². The molecule has 2 heterocycles. The van der Waals surface area contributed by atoms with E-state index in [4.69, 9.17) is 0 Å². The lowest BCUT2D eigenvalue weighted by Gasteiger charge is -2.39. The van der Waals surface area contributed by atoms with Crippen LogP contribution in [-0.2, 0) is 15.5 Å². The molecule has 3 rings (SSSR count). The van der Waals surface area contributed by atoms with Crippen molar-refractivity contribution in [1.29, 1.82) is 0 Å². The molecule has 6 nitrogen and oxygen atoms in total. The van der Waals surface area contributed by atoms with Gasteiger partial charge in [0, 0.05) is 17.0 Å². The van der Waals surface area contributed by atoms with E-state index in [0.29, 0.717) is 23.2 Å². The topological polar surface area (TPSA) is 89.1 Å². The molecule has 0 amide bonds. The van der Waals surface area contributed by atoms with Crippen molar-refractivity contribution in [3.63, 3.8) is 0 Å². The van der Waals surface area contributed by atoms with Crippen LogP contribution in [0.3, 0.4) is 0 Å². The number of hydrogen-bond acceptors (Lipinski definition) is 5. The molecule has 0 bridgehead atoms. The molecule has 0 fully saturated rings. The molecule has 0 radical (unpaired) electrons. The highest BCUT2D eigenvalue weighted by Gasteiger charge is 2.49. The first-order chi connectivity index (χ1) is 11.7. The summed E-state index contributed by atoms with van der Waals surface area (Å²) in [5.74, 6) is -0.833. The van der Waals surface area contributed by atoms with Gasteiger partial charge in [0.1, 0.15) is 0 Å². The first-order valence-electron chi connectivity index (χ1n) is 7.74. The van der Waals surface area contributed by atoms with E-state index in [1.54, 1.807) is 0 Å². The molecule has 10 heteroatoms. The number of aromatic amines is 1. The maximum absolute atomic E-state index is 12.7. The number of carbonyl (C=O) groups excluding carboxylic acids is 1. The fourth-order valence-electron chi connectivity index (χ4n) is 3.70. The highest BCUT2D eigenvalue weighted by Crippen LogP contribution is 2.47. The van der Waals surface area contributed by atoms with E-state index in [1.165, 1.54) is 6.07 Å². The molecule has 142 valence electrons. The van der Waals surface area contributed by atoms with Gasteiger partial charge in [-0.1, -0.05) is 27.7 Å². The van der Waals surface area contributed by atoms with E-state index in [-0.39, 0.29) is 11.3 Å². The largest absolute Gasteiger partial charge is 0.534 e. The first-order valence-corrected chi connectivity index (χ1v) is 9.15. The standard InChI is InChI=1S/C16H17F3N2O4S/c1-14(2)7-15(3,4)13(22)12-10(14)11-8(20-12)5-6-9(21-11)25-26(23,24)16(17,18)19/h5-6,20H,7H2,1-4H3. The third kappa shape index (κ3) is 2.76. The number of halogens is 3. The Balaban J connectivity index is 2.18. The Morgan fingerprint density at radius 2 is 1.77 bits per heavy atom. The minimum absolute atomic E-state index is 0.129. The number of ketones is 1. The average Bonchev–Trinajstić information content (AvgIpc) is 2.82. The van der Waals surface area contributed by atoms with Crippen molar-refractivity contribution in [2.24, 2.45) is 5.41 Å². The highest BCUT2D eigenvalue weighted by atomic mass is 32.2. The van der Waals surface area contributed by atoms with E-state index >= 15 is 0 Å². The fraction of sp³-hybridized carbons (Fsp3) is 0.500. The molecule has 0 saturated heterocycles. The van der Waals surface area contributed by atoms with Crippen LogP contribution >= 0.6 is 0 Å². The molecular weight excluding hydrogens is 373 g/mol. The molecule has 0 aliphatic heterocycles. The lowest BCUT2D eigenvalue weighted by molar-refractivity contribution is -0.0501. The molecule has 26 heavy (non-hydrogen) atoms. The Labute approximate surface area is 147 Å². The summed E-state index contributed by atoms with van der Waals surface area (Å²) in [6, 6.07) is 2.36. The van der Waals surface area contributed by atoms with Gasteiger partial charge in [-0.25, -0.2) is 4.98 Å². The zero-order valence-corrected chi connectivity index (χ0v) is 15.3. The smallest absolute Gasteiger partial charge is 0.355 e. The van der Waals surface area contributed by atoms with Gasteiger partial charge in [0.15, 0.2) is 5.78 Å². The number of carbonyl (C=O) groups is 1. The van der Waals surface area contributed by atoms with Crippen LogP contribution in [-0.4, -0.2) is 29.7 Å². The van der Waals surface area contributed by atoms with Gasteiger partial charge in [-0.05, 0) is 17.9 Å². The van der Waals surface area contributed by atoms with Crippen LogP contribution in [0.1, 0.15) is 50.2 Å². The normalized spacial score (nSPS) is 19.4. The van der Waals surface area contributed by atoms with Crippen molar-refractivity contribution in [3.8, 4) is 5.88 Å². The number of hydrogen-bond donors (Lipinski definition) is 1. The molecular formula is C16H17F3N2O4S. The quantitative estimate of drug-likeness (QED) is 0.624. The maximum atomic E-state index is 12.7. The Morgan fingerprint density at radius 3 is 2.35 bits per heavy atom. The fourth-order valence-corrected chi connectivity index (χ4v) is 4.11. The number of rotatable bonds is 2. The summed E-state index contributed by atoms with van der Waals surface area (Å²) in [4.78, 5) is 19.6. The lowest BCUT2D eigenvalue weighted by Crippen LogP contribution is -2.39. The second kappa shape index (κ2) is 5.21. The zero-order chi connectivity index (χ0) is 19.7. The average molecular weight is 390 g/mol. The number of alkyl halides is 3. The maximum Gasteiger partial charge on any atom is 0.534 e. The lowest BCUT2D eigenvalue weighted by atomic mass is 9.63. The number of H-pyrrole nitrogens is 1. The number of Topliss-reactive ketones (excluding diaryl/α,β-unsaturated/α-hetero) is 1. The monoisotopic (exact) mass is 390 g/mol. The second-order valence-corrected chi connectivity index (χ2v) is 9.22. The van der Waals surface area contributed by atoms with Crippen LogP contribution in [0.5, 0.6) is 5.88 Å². The van der Waals surface area contributed by atoms with Gasteiger partial charge in [-0.15, -0.1) is 0 Å². The Hall–Kier alpha value is -2.10. The summed E-state index contributed by atoms with van der Waals surface area (Å²) in [7, 11) is -5.82. The minimum Gasteiger partial charge on any atom is -0.355 e. The van der Waals surface area contributed by atoms with Crippen molar-refractivity contribution >= 4 is 26.9 Å². The summed E-state index contributed by atoms with van der Waals surface area (Å²) < 4.78 is 64.1. The van der Waals surface area contributed by atoms with Gasteiger partial charge in [-0.3, -0.25) is 4.79 Å². The van der Waals surface area contributed by atoms with Gasteiger partial charge in [0.2, 0.25) is 5.88 Å². The van der Waals surface area contributed by atoms with Crippen LogP contribution < -0.4 is 4.18 Å². The number of nitrogens with zero attached hydrogens (tertiary/aromatic N) is 1. The van der Waals surface area contributed by atoms with Gasteiger partial charge in [-0.2, -0.15) is 21.6 Å². The Bertz CT molecular complexity index is 1020. The molecule has 2 aromatic heterocycles. The van der Waals surface area contributed by atoms with Crippen molar-refractivity contribution in [2.45, 2.75) is 45.0 Å². The van der Waals surface area contributed by atoms with Crippen LogP contribution in [0.25, 0.3) is 11.0 Å². The molecule has 2 aromatic rings. The van der Waals surface area contributed by atoms with E-state index in [9.17, 15) is 26.4 Å². The summed E-state index contributed by atoms with van der Waals surface area (Å²) >= 11 is 0. The summed E-state index contributed by atoms with van der Waals surface area (Å²) in [6.07, 6.45) is 0.506. The molecule has 1 aliphatic rings. The van der Waals surface area contributed by atoms with Crippen LogP contribution in [0.15, 0.2) is 12.1 Å². The second-order valence-electron chi connectivity index (χ2n) is 7.68. The predicted octanol–water partition coefficient (Wildman–Crippen LogP) is 3.68. The zero-order valence-electron chi connectivity index (χ0n) is 14.5. The predicted molar refractivity (Wildman–Crippen MR) is 87.5 cm³/mol. The Kier molecular flexibility index (Phi) is 3.75. The SMILES string of the molecule is CC1(C)CC(C)(C)c2c([nH]c3ccc(OS(=O)(=O)C(F)(F)F)nc23)C1=O. The van der Waals surface area contributed by atoms with E-state index in [1.807, 2.05) is 27.7 Å². The van der Waals surface area contributed by atoms with Crippen molar-refractivity contribution in [3.05, 3.63) is 23.4 Å². The van der Waals surface area contributed by atoms with E-state index in [0.717, 1.165) is 6.07 Å². The molecule has 0 aromatic carbocycles. The third-order valence-corrected chi connectivity index (χ3v) is 5.45. The number of pyridine rings is 1. The molecule has 0 atom stereocenters. The number of nitrogens with one attached hydrogen (secondary N) is 1. The van der Waals surface area contributed by atoms with Gasteiger partial charge in [0.05, 0.1) is 16.7 Å². The van der Waals surface area contributed by atoms with Crippen LogP contribution in [0.4, 0.5) is 13.2 Å². The molecule has 0 spiro atoms. The van der Waals surface area contributed by atoms with E-state index in [2.05, 4.69) is 14.2 Å². The van der Waals surface area contributed by atoms with Gasteiger partial charge in [0.25, 0.3) is 0 Å². The number of fused-ring (bicyclic) bond motifs is 3. The summed E-state index contributed by atoms with van der Waals surface area (Å²) in [5, 5.41) is 0. The third-order valence-electron chi connectivity index (χ3n) is 4.50. The Morgan fingerprint density at radius 1 is 1.15 bits per heavy atom. The molecule has 1 aliphatic carbocycles.